The van der Waals surface area contributed by atoms with Crippen LogP contribution in [0.25, 0.3) is 0 Å². The summed E-state index contributed by atoms with van der Waals surface area (Å²) >= 11 is 0. The Balaban J connectivity index is 2.06. The van der Waals surface area contributed by atoms with Gasteiger partial charge < -0.3 is 14.6 Å². The highest BCUT2D eigenvalue weighted by atomic mass is 16.5. The molecule has 0 radical (unpaired) electrons. The first kappa shape index (κ1) is 16.4. The molecular weight excluding hydrogens is 246 g/mol. The zero-order valence-corrected chi connectivity index (χ0v) is 12.1. The molecule has 0 aromatic carbocycles. The molecule has 0 bridgehead atoms. The maximum Gasteiger partial charge on any atom is 0.323 e. The second-order valence-electron chi connectivity index (χ2n) is 5.38. The lowest BCUT2D eigenvalue weighted by Crippen LogP contribution is -2.50. The van der Waals surface area contributed by atoms with Gasteiger partial charge >= 0.3 is 5.97 Å². The number of hydrogen-bond acceptors (Lipinski definition) is 4. The van der Waals surface area contributed by atoms with Gasteiger partial charge in [0, 0.05) is 19.3 Å². The number of nitrogens with one attached hydrogen (secondary N) is 1. The molecule has 0 saturated heterocycles. The highest BCUT2D eigenvalue weighted by Crippen LogP contribution is 2.25. The zero-order valence-electron chi connectivity index (χ0n) is 12.1. The fraction of sp³-hybridized carbons (Fsp3) is 0.929. The SMILES string of the molecule is CCCOCCOCCCC(C)(NC1CC1)C(=O)O. The third-order valence-corrected chi connectivity index (χ3v) is 3.26. The Morgan fingerprint density at radius 3 is 2.42 bits per heavy atom. The largest absolute Gasteiger partial charge is 0.480 e. The van der Waals surface area contributed by atoms with Crippen molar-refractivity contribution in [2.45, 2.75) is 57.5 Å². The molecule has 19 heavy (non-hydrogen) atoms. The second-order valence-corrected chi connectivity index (χ2v) is 5.38. The lowest BCUT2D eigenvalue weighted by molar-refractivity contribution is -0.144. The van der Waals surface area contributed by atoms with Gasteiger partial charge in [-0.3, -0.25) is 10.1 Å². The molecule has 0 spiro atoms. The van der Waals surface area contributed by atoms with Gasteiger partial charge in [-0.05, 0) is 39.0 Å². The third-order valence-electron chi connectivity index (χ3n) is 3.26. The zero-order chi connectivity index (χ0) is 14.1. The van der Waals surface area contributed by atoms with Crippen LogP contribution in [0, 0.1) is 0 Å². The molecule has 112 valence electrons. The fourth-order valence-electron chi connectivity index (χ4n) is 1.91. The van der Waals surface area contributed by atoms with Crippen molar-refractivity contribution in [3.63, 3.8) is 0 Å². The molecule has 1 saturated carbocycles. The second kappa shape index (κ2) is 8.51. The smallest absolute Gasteiger partial charge is 0.323 e. The van der Waals surface area contributed by atoms with E-state index < -0.39 is 11.5 Å². The van der Waals surface area contributed by atoms with Crippen molar-refractivity contribution in [1.29, 1.82) is 0 Å². The van der Waals surface area contributed by atoms with Crippen LogP contribution in [0.5, 0.6) is 0 Å². The van der Waals surface area contributed by atoms with Crippen LogP contribution in [0.4, 0.5) is 0 Å². The van der Waals surface area contributed by atoms with Gasteiger partial charge in [0.1, 0.15) is 5.54 Å². The van der Waals surface area contributed by atoms with Crippen LogP contribution in [0.15, 0.2) is 0 Å². The number of carboxylic acid groups (broad SMARTS) is 1. The summed E-state index contributed by atoms with van der Waals surface area (Å²) in [6, 6.07) is 0.393. The molecule has 1 aliphatic carbocycles. The quantitative estimate of drug-likeness (QED) is 0.531. The predicted molar refractivity (Wildman–Crippen MR) is 73.4 cm³/mol. The number of rotatable bonds is 12. The summed E-state index contributed by atoms with van der Waals surface area (Å²) in [6.07, 6.45) is 4.54. The van der Waals surface area contributed by atoms with Gasteiger partial charge in [0.15, 0.2) is 0 Å². The normalized spacial score (nSPS) is 18.2. The van der Waals surface area contributed by atoms with E-state index in [0.717, 1.165) is 32.3 Å². The molecule has 5 nitrogen and oxygen atoms in total. The van der Waals surface area contributed by atoms with E-state index in [1.165, 1.54) is 0 Å². The lowest BCUT2D eigenvalue weighted by atomic mass is 9.96. The summed E-state index contributed by atoms with van der Waals surface area (Å²) in [7, 11) is 0. The number of carbonyl (C=O) groups is 1. The lowest BCUT2D eigenvalue weighted by Gasteiger charge is -2.26. The van der Waals surface area contributed by atoms with Gasteiger partial charge in [0.25, 0.3) is 0 Å². The van der Waals surface area contributed by atoms with Crippen molar-refractivity contribution in [3.05, 3.63) is 0 Å². The summed E-state index contributed by atoms with van der Waals surface area (Å²) < 4.78 is 10.7. The molecule has 1 unspecified atom stereocenters. The molecule has 1 aliphatic rings. The number of ether oxygens (including phenoxy) is 2. The fourth-order valence-corrected chi connectivity index (χ4v) is 1.91. The topological polar surface area (TPSA) is 67.8 Å². The van der Waals surface area contributed by atoms with Gasteiger partial charge in [0.05, 0.1) is 13.2 Å². The van der Waals surface area contributed by atoms with Crippen molar-refractivity contribution in [3.8, 4) is 0 Å². The maximum atomic E-state index is 11.3. The van der Waals surface area contributed by atoms with Crippen molar-refractivity contribution < 1.29 is 19.4 Å². The van der Waals surface area contributed by atoms with Gasteiger partial charge in [-0.1, -0.05) is 6.92 Å². The van der Waals surface area contributed by atoms with E-state index in [9.17, 15) is 9.90 Å². The summed E-state index contributed by atoms with van der Waals surface area (Å²) in [6.45, 7) is 6.39. The number of carboxylic acids is 1. The highest BCUT2D eigenvalue weighted by Gasteiger charge is 2.37. The van der Waals surface area contributed by atoms with Gasteiger partial charge in [-0.25, -0.2) is 0 Å². The Bertz CT molecular complexity index is 268. The Morgan fingerprint density at radius 1 is 1.26 bits per heavy atom. The summed E-state index contributed by atoms with van der Waals surface area (Å²) in [5, 5.41) is 12.5. The molecule has 0 heterocycles. The maximum absolute atomic E-state index is 11.3. The van der Waals surface area contributed by atoms with Crippen LogP contribution >= 0.6 is 0 Å². The minimum Gasteiger partial charge on any atom is -0.480 e. The molecule has 0 amide bonds. The first-order chi connectivity index (χ1) is 9.08. The van der Waals surface area contributed by atoms with Crippen molar-refractivity contribution in [2.24, 2.45) is 0 Å². The summed E-state index contributed by atoms with van der Waals surface area (Å²) in [4.78, 5) is 11.3. The average molecular weight is 273 g/mol. The Morgan fingerprint density at radius 2 is 1.89 bits per heavy atom. The summed E-state index contributed by atoms with van der Waals surface area (Å²) in [5.41, 5.74) is -0.816. The van der Waals surface area contributed by atoms with Gasteiger partial charge in [-0.15, -0.1) is 0 Å². The van der Waals surface area contributed by atoms with E-state index in [1.54, 1.807) is 6.92 Å². The monoisotopic (exact) mass is 273 g/mol. The first-order valence-electron chi connectivity index (χ1n) is 7.25. The standard InChI is InChI=1S/C14H27NO4/c1-3-8-18-10-11-19-9-4-7-14(2,13(16)17)15-12-5-6-12/h12,15H,3-11H2,1-2H3,(H,16,17). The minimum atomic E-state index is -0.816. The molecule has 5 heteroatoms. The number of hydrogen-bond donors (Lipinski definition) is 2. The third kappa shape index (κ3) is 6.89. The van der Waals surface area contributed by atoms with Crippen molar-refractivity contribution in [2.75, 3.05) is 26.4 Å². The molecule has 0 aromatic heterocycles. The molecule has 1 fully saturated rings. The van der Waals surface area contributed by atoms with E-state index in [1.807, 2.05) is 0 Å². The molecule has 1 rings (SSSR count). The first-order valence-corrected chi connectivity index (χ1v) is 7.25. The van der Waals surface area contributed by atoms with Gasteiger partial charge in [-0.2, -0.15) is 0 Å². The summed E-state index contributed by atoms with van der Waals surface area (Å²) in [5.74, 6) is -0.773. The van der Waals surface area contributed by atoms with Crippen LogP contribution in [-0.2, 0) is 14.3 Å². The molecule has 0 aromatic rings. The van der Waals surface area contributed by atoms with Crippen molar-refractivity contribution >= 4 is 5.97 Å². The average Bonchev–Trinajstić information content (AvgIpc) is 3.16. The van der Waals surface area contributed by atoms with Crippen LogP contribution in [0.3, 0.4) is 0 Å². The van der Waals surface area contributed by atoms with Crippen LogP contribution in [0.2, 0.25) is 0 Å². The minimum absolute atomic E-state index is 0.393. The van der Waals surface area contributed by atoms with E-state index in [4.69, 9.17) is 9.47 Å². The van der Waals surface area contributed by atoms with E-state index in [2.05, 4.69) is 12.2 Å². The highest BCUT2D eigenvalue weighted by molar-refractivity contribution is 5.78. The van der Waals surface area contributed by atoms with Crippen molar-refractivity contribution in [1.82, 2.24) is 5.32 Å². The van der Waals surface area contributed by atoms with Gasteiger partial charge in [0.2, 0.25) is 0 Å². The molecule has 0 aliphatic heterocycles. The van der Waals surface area contributed by atoms with Crippen LogP contribution in [0.1, 0.15) is 46.0 Å². The Hall–Kier alpha value is -0.650. The number of aliphatic carboxylic acids is 1. The molecular formula is C14H27NO4. The van der Waals surface area contributed by atoms with E-state index >= 15 is 0 Å². The Kier molecular flexibility index (Phi) is 7.34. The van der Waals surface area contributed by atoms with Crippen LogP contribution in [-0.4, -0.2) is 49.1 Å². The van der Waals surface area contributed by atoms with E-state index in [0.29, 0.717) is 32.3 Å². The Labute approximate surface area is 115 Å². The van der Waals surface area contributed by atoms with Crippen LogP contribution < -0.4 is 5.32 Å². The molecule has 2 N–H and O–H groups in total. The predicted octanol–water partition coefficient (Wildman–Crippen LogP) is 1.81. The van der Waals surface area contributed by atoms with E-state index in [-0.39, 0.29) is 0 Å². The molecule has 1 atom stereocenters.